The van der Waals surface area contributed by atoms with Crippen LogP contribution in [-0.2, 0) is 12.8 Å². The molecule has 1 heterocycles. The quantitative estimate of drug-likeness (QED) is 0.652. The van der Waals surface area contributed by atoms with Gasteiger partial charge in [-0.25, -0.2) is 8.78 Å². The Labute approximate surface area is 113 Å². The lowest BCUT2D eigenvalue weighted by Crippen LogP contribution is -2.30. The molecule has 0 spiro atoms. The monoisotopic (exact) mass is 284 g/mol. The largest absolute Gasteiger partial charge is 0.271 e. The van der Waals surface area contributed by atoms with Gasteiger partial charge in [0.2, 0.25) is 0 Å². The zero-order chi connectivity index (χ0) is 13.8. The average molecular weight is 284 g/mol. The highest BCUT2D eigenvalue weighted by molar-refractivity contribution is 7.05. The van der Waals surface area contributed by atoms with Gasteiger partial charge in [-0.15, -0.1) is 5.10 Å². The minimum absolute atomic E-state index is 0.247. The summed E-state index contributed by atoms with van der Waals surface area (Å²) >= 11 is 1.22. The smallest absolute Gasteiger partial charge is 0.162 e. The molecule has 19 heavy (non-hydrogen) atoms. The highest BCUT2D eigenvalue weighted by atomic mass is 32.1. The minimum atomic E-state index is -0.855. The summed E-state index contributed by atoms with van der Waals surface area (Å²) in [6.07, 6.45) is 0.965. The van der Waals surface area contributed by atoms with Gasteiger partial charge in [0.15, 0.2) is 11.6 Å². The number of benzene rings is 1. The number of aryl methyl sites for hydroxylation is 1. The van der Waals surface area contributed by atoms with Crippen molar-refractivity contribution in [2.45, 2.75) is 25.8 Å². The van der Waals surface area contributed by atoms with Gasteiger partial charge >= 0.3 is 0 Å². The molecule has 3 N–H and O–H groups in total. The van der Waals surface area contributed by atoms with Crippen LogP contribution in [0.4, 0.5) is 8.78 Å². The molecule has 0 amide bonds. The van der Waals surface area contributed by atoms with Gasteiger partial charge in [-0.2, -0.15) is 0 Å². The Bertz CT molecular complexity index is 558. The molecule has 2 aromatic rings. The summed E-state index contributed by atoms with van der Waals surface area (Å²) in [7, 11) is 0. The molecule has 2 rings (SSSR count). The van der Waals surface area contributed by atoms with Crippen molar-refractivity contribution in [2.75, 3.05) is 0 Å². The lowest BCUT2D eigenvalue weighted by Gasteiger charge is -2.15. The van der Waals surface area contributed by atoms with Crippen LogP contribution in [0.2, 0.25) is 0 Å². The zero-order valence-corrected chi connectivity index (χ0v) is 11.2. The number of nitrogens with zero attached hydrogens (tertiary/aromatic N) is 2. The third kappa shape index (κ3) is 2.94. The fourth-order valence-corrected chi connectivity index (χ4v) is 2.68. The standard InChI is InChI=1S/C12H14F2N4S/c1-2-9-12(19-18-17-9)10(16-15)6-7-4-3-5-8(13)11(7)14/h3-5,10,16H,2,6,15H2,1H3. The topological polar surface area (TPSA) is 63.8 Å². The van der Waals surface area contributed by atoms with Crippen molar-refractivity contribution >= 4 is 11.5 Å². The molecule has 7 heteroatoms. The molecule has 0 saturated carbocycles. The SMILES string of the molecule is CCc1nnsc1C(Cc1cccc(F)c1F)NN. The molecular weight excluding hydrogens is 270 g/mol. The predicted octanol–water partition coefficient (Wildman–Crippen LogP) is 2.13. The van der Waals surface area contributed by atoms with Crippen LogP contribution in [0, 0.1) is 11.6 Å². The molecule has 0 saturated heterocycles. The molecule has 0 fully saturated rings. The van der Waals surface area contributed by atoms with Gasteiger partial charge in [-0.1, -0.05) is 23.5 Å². The molecule has 0 bridgehead atoms. The first kappa shape index (κ1) is 14.0. The molecule has 0 aliphatic rings. The second-order valence-corrected chi connectivity index (χ2v) is 4.86. The summed E-state index contributed by atoms with van der Waals surface area (Å²) in [5, 5.41) is 3.99. The number of hydrazine groups is 1. The molecule has 0 aliphatic heterocycles. The Morgan fingerprint density at radius 1 is 1.42 bits per heavy atom. The van der Waals surface area contributed by atoms with Crippen molar-refractivity contribution < 1.29 is 8.78 Å². The molecule has 1 atom stereocenters. The van der Waals surface area contributed by atoms with E-state index in [9.17, 15) is 8.78 Å². The average Bonchev–Trinajstić information content (AvgIpc) is 2.88. The van der Waals surface area contributed by atoms with Gasteiger partial charge in [0.1, 0.15) is 0 Å². The fraction of sp³-hybridized carbons (Fsp3) is 0.333. The van der Waals surface area contributed by atoms with E-state index in [0.29, 0.717) is 0 Å². The summed E-state index contributed by atoms with van der Waals surface area (Å²) in [5.41, 5.74) is 3.72. The molecule has 0 aliphatic carbocycles. The number of rotatable bonds is 5. The van der Waals surface area contributed by atoms with Crippen molar-refractivity contribution in [3.05, 3.63) is 46.0 Å². The summed E-state index contributed by atoms with van der Waals surface area (Å²) in [5.74, 6) is 3.82. The maximum atomic E-state index is 13.7. The van der Waals surface area contributed by atoms with E-state index in [4.69, 9.17) is 5.84 Å². The van der Waals surface area contributed by atoms with Crippen LogP contribution >= 0.6 is 11.5 Å². The lowest BCUT2D eigenvalue weighted by molar-refractivity contribution is 0.482. The van der Waals surface area contributed by atoms with Crippen LogP contribution in [0.5, 0.6) is 0 Å². The van der Waals surface area contributed by atoms with Crippen molar-refractivity contribution in [3.8, 4) is 0 Å². The van der Waals surface area contributed by atoms with Gasteiger partial charge < -0.3 is 0 Å². The van der Waals surface area contributed by atoms with Crippen LogP contribution in [0.1, 0.15) is 29.1 Å². The number of aromatic nitrogens is 2. The number of nitrogens with two attached hydrogens (primary N) is 1. The molecular formula is C12H14F2N4S. The number of hydrogen-bond donors (Lipinski definition) is 2. The van der Waals surface area contributed by atoms with E-state index in [1.165, 1.54) is 17.6 Å². The Hall–Kier alpha value is -1.44. The van der Waals surface area contributed by atoms with Crippen LogP contribution in [0.15, 0.2) is 18.2 Å². The first-order valence-electron chi connectivity index (χ1n) is 5.87. The normalized spacial score (nSPS) is 12.6. The molecule has 0 radical (unpaired) electrons. The van der Waals surface area contributed by atoms with E-state index in [2.05, 4.69) is 15.0 Å². The highest BCUT2D eigenvalue weighted by Crippen LogP contribution is 2.25. The predicted molar refractivity (Wildman–Crippen MR) is 69.4 cm³/mol. The molecule has 1 aromatic carbocycles. The molecule has 1 aromatic heterocycles. The second kappa shape index (κ2) is 6.14. The van der Waals surface area contributed by atoms with E-state index in [-0.39, 0.29) is 18.0 Å². The Morgan fingerprint density at radius 2 is 2.21 bits per heavy atom. The highest BCUT2D eigenvalue weighted by Gasteiger charge is 2.20. The van der Waals surface area contributed by atoms with Gasteiger partial charge in [0.05, 0.1) is 16.6 Å². The lowest BCUT2D eigenvalue weighted by atomic mass is 10.0. The van der Waals surface area contributed by atoms with E-state index in [0.717, 1.165) is 23.1 Å². The van der Waals surface area contributed by atoms with Gasteiger partial charge in [-0.3, -0.25) is 11.3 Å². The van der Waals surface area contributed by atoms with Crippen molar-refractivity contribution in [2.24, 2.45) is 5.84 Å². The number of hydrogen-bond acceptors (Lipinski definition) is 5. The molecule has 102 valence electrons. The van der Waals surface area contributed by atoms with Crippen LogP contribution in [0.3, 0.4) is 0 Å². The fourth-order valence-electron chi connectivity index (χ4n) is 1.88. The number of nitrogens with one attached hydrogen (secondary N) is 1. The third-order valence-electron chi connectivity index (χ3n) is 2.89. The Balaban J connectivity index is 2.27. The van der Waals surface area contributed by atoms with Gasteiger partial charge in [-0.05, 0) is 36.0 Å². The van der Waals surface area contributed by atoms with Crippen LogP contribution < -0.4 is 11.3 Å². The summed E-state index contributed by atoms with van der Waals surface area (Å²) in [6, 6.07) is 3.79. The van der Waals surface area contributed by atoms with Crippen molar-refractivity contribution in [1.29, 1.82) is 0 Å². The third-order valence-corrected chi connectivity index (χ3v) is 3.77. The second-order valence-electron chi connectivity index (χ2n) is 4.07. The first-order chi connectivity index (χ1) is 9.17. The Morgan fingerprint density at radius 3 is 2.89 bits per heavy atom. The van der Waals surface area contributed by atoms with E-state index in [1.807, 2.05) is 6.92 Å². The van der Waals surface area contributed by atoms with Crippen LogP contribution in [0.25, 0.3) is 0 Å². The van der Waals surface area contributed by atoms with E-state index in [1.54, 1.807) is 6.07 Å². The van der Waals surface area contributed by atoms with E-state index < -0.39 is 11.6 Å². The van der Waals surface area contributed by atoms with Gasteiger partial charge in [0, 0.05) is 0 Å². The maximum absolute atomic E-state index is 13.7. The minimum Gasteiger partial charge on any atom is -0.271 e. The Kier molecular flexibility index (Phi) is 4.52. The van der Waals surface area contributed by atoms with Crippen molar-refractivity contribution in [1.82, 2.24) is 15.0 Å². The summed E-state index contributed by atoms with van der Waals surface area (Å²) in [6.45, 7) is 1.95. The van der Waals surface area contributed by atoms with Crippen LogP contribution in [-0.4, -0.2) is 9.59 Å². The zero-order valence-electron chi connectivity index (χ0n) is 10.4. The van der Waals surface area contributed by atoms with E-state index >= 15 is 0 Å². The summed E-state index contributed by atoms with van der Waals surface area (Å²) < 4.78 is 30.7. The van der Waals surface area contributed by atoms with Gasteiger partial charge in [0.25, 0.3) is 0 Å². The summed E-state index contributed by atoms with van der Waals surface area (Å²) in [4.78, 5) is 0.855. The van der Waals surface area contributed by atoms with Crippen molar-refractivity contribution in [3.63, 3.8) is 0 Å². The molecule has 4 nitrogen and oxygen atoms in total. The number of halogens is 2. The molecule has 1 unspecified atom stereocenters. The first-order valence-corrected chi connectivity index (χ1v) is 6.64. The maximum Gasteiger partial charge on any atom is 0.162 e.